The summed E-state index contributed by atoms with van der Waals surface area (Å²) in [6.45, 7) is 4.16. The van der Waals surface area contributed by atoms with E-state index in [2.05, 4.69) is 15.1 Å². The lowest BCUT2D eigenvalue weighted by Crippen LogP contribution is -2.52. The number of rotatable bonds is 6. The minimum Gasteiger partial charge on any atom is -0.465 e. The van der Waals surface area contributed by atoms with Crippen molar-refractivity contribution < 1.29 is 14.3 Å². The number of amides is 2. The molecule has 3 fully saturated rings. The molecule has 2 heterocycles. The highest BCUT2D eigenvalue weighted by atomic mass is 16.5. The molecular formula is C23H33N3O3. The molecule has 1 aliphatic carbocycles. The summed E-state index contributed by atoms with van der Waals surface area (Å²) >= 11 is 0. The van der Waals surface area contributed by atoms with Crippen LogP contribution in [0.3, 0.4) is 0 Å². The second-order valence-electron chi connectivity index (χ2n) is 8.85. The first-order valence-corrected chi connectivity index (χ1v) is 11.1. The van der Waals surface area contributed by atoms with Crippen LogP contribution in [0.2, 0.25) is 0 Å². The average molecular weight is 400 g/mol. The van der Waals surface area contributed by atoms with E-state index in [1.807, 2.05) is 0 Å². The summed E-state index contributed by atoms with van der Waals surface area (Å²) in [6, 6.07) is 7.54. The first-order valence-electron chi connectivity index (χ1n) is 11.1. The predicted octanol–water partition coefficient (Wildman–Crippen LogP) is 3.98. The molecule has 158 valence electrons. The molecular weight excluding hydrogens is 366 g/mol. The van der Waals surface area contributed by atoms with Crippen LogP contribution in [0.5, 0.6) is 0 Å². The van der Waals surface area contributed by atoms with Crippen molar-refractivity contribution in [2.45, 2.75) is 51.0 Å². The molecule has 3 aliphatic rings. The molecule has 1 aromatic carbocycles. The maximum Gasteiger partial charge on any atom is 0.337 e. The van der Waals surface area contributed by atoms with Gasteiger partial charge in [0, 0.05) is 24.8 Å². The number of carbonyl (C=O) groups is 2. The zero-order valence-corrected chi connectivity index (χ0v) is 17.4. The third kappa shape index (κ3) is 5.10. The second-order valence-corrected chi connectivity index (χ2v) is 8.85. The predicted molar refractivity (Wildman–Crippen MR) is 113 cm³/mol. The van der Waals surface area contributed by atoms with Gasteiger partial charge in [-0.15, -0.1) is 0 Å². The third-order valence-electron chi connectivity index (χ3n) is 6.70. The van der Waals surface area contributed by atoms with Crippen molar-refractivity contribution in [2.24, 2.45) is 11.8 Å². The van der Waals surface area contributed by atoms with Crippen molar-refractivity contribution >= 4 is 17.7 Å². The number of anilines is 1. The molecule has 0 bridgehead atoms. The molecule has 0 spiro atoms. The maximum absolute atomic E-state index is 13.1. The number of benzene rings is 1. The van der Waals surface area contributed by atoms with Crippen molar-refractivity contribution in [3.8, 4) is 0 Å². The first-order chi connectivity index (χ1) is 14.1. The molecule has 6 nitrogen and oxygen atoms in total. The number of methoxy groups -OCH3 is 1. The van der Waals surface area contributed by atoms with Crippen LogP contribution in [0.25, 0.3) is 0 Å². The van der Waals surface area contributed by atoms with Gasteiger partial charge < -0.3 is 19.9 Å². The topological polar surface area (TPSA) is 61.9 Å². The Kier molecular flexibility index (Phi) is 6.38. The Balaban J connectivity index is 1.40. The van der Waals surface area contributed by atoms with Gasteiger partial charge in [0.2, 0.25) is 0 Å². The number of hydrogen-bond donors (Lipinski definition) is 1. The summed E-state index contributed by atoms with van der Waals surface area (Å²) in [5.74, 6) is 0.872. The van der Waals surface area contributed by atoms with Crippen LogP contribution in [0.4, 0.5) is 10.5 Å². The second kappa shape index (κ2) is 9.16. The Hall–Kier alpha value is -2.08. The zero-order valence-electron chi connectivity index (χ0n) is 17.4. The highest BCUT2D eigenvalue weighted by Gasteiger charge is 2.36. The van der Waals surface area contributed by atoms with Crippen LogP contribution < -0.4 is 5.32 Å². The quantitative estimate of drug-likeness (QED) is 0.735. The van der Waals surface area contributed by atoms with Crippen LogP contribution in [-0.2, 0) is 4.74 Å². The smallest absolute Gasteiger partial charge is 0.337 e. The number of piperidine rings is 2. The van der Waals surface area contributed by atoms with E-state index in [0.717, 1.165) is 13.1 Å². The van der Waals surface area contributed by atoms with Gasteiger partial charge in [-0.2, -0.15) is 0 Å². The third-order valence-corrected chi connectivity index (χ3v) is 6.70. The Bertz CT molecular complexity index is 715. The Morgan fingerprint density at radius 3 is 2.52 bits per heavy atom. The van der Waals surface area contributed by atoms with Gasteiger partial charge >= 0.3 is 12.0 Å². The van der Waals surface area contributed by atoms with Gasteiger partial charge in [-0.3, -0.25) is 0 Å². The van der Waals surface area contributed by atoms with Gasteiger partial charge in [-0.25, -0.2) is 9.59 Å². The number of ether oxygens (including phenoxy) is 1. The lowest BCUT2D eigenvalue weighted by molar-refractivity contribution is 0.0462. The van der Waals surface area contributed by atoms with E-state index in [4.69, 9.17) is 4.74 Å². The molecule has 1 aromatic rings. The lowest BCUT2D eigenvalue weighted by atomic mass is 9.83. The first kappa shape index (κ1) is 20.2. The molecule has 2 atom stereocenters. The molecule has 2 unspecified atom stereocenters. The van der Waals surface area contributed by atoms with Crippen LogP contribution >= 0.6 is 0 Å². The van der Waals surface area contributed by atoms with Gasteiger partial charge in [0.1, 0.15) is 0 Å². The van der Waals surface area contributed by atoms with E-state index >= 15 is 0 Å². The number of nitrogens with one attached hydrogen (secondary N) is 1. The number of urea groups is 1. The van der Waals surface area contributed by atoms with E-state index in [9.17, 15) is 9.59 Å². The average Bonchev–Trinajstić information content (AvgIpc) is 3.57. The van der Waals surface area contributed by atoms with E-state index in [1.54, 1.807) is 24.3 Å². The number of carbonyl (C=O) groups excluding carboxylic acids is 2. The van der Waals surface area contributed by atoms with Gasteiger partial charge in [-0.1, -0.05) is 6.42 Å². The van der Waals surface area contributed by atoms with E-state index in [1.165, 1.54) is 65.1 Å². The van der Waals surface area contributed by atoms with Crippen LogP contribution in [0.15, 0.2) is 24.3 Å². The maximum atomic E-state index is 13.1. The van der Waals surface area contributed by atoms with Crippen molar-refractivity contribution in [3.63, 3.8) is 0 Å². The van der Waals surface area contributed by atoms with E-state index in [-0.39, 0.29) is 12.0 Å². The molecule has 4 rings (SSSR count). The normalized spacial score (nSPS) is 24.4. The monoisotopic (exact) mass is 399 g/mol. The van der Waals surface area contributed by atoms with Gasteiger partial charge in [-0.05, 0) is 87.7 Å². The fraction of sp³-hybridized carbons (Fsp3) is 0.652. The Labute approximate surface area is 173 Å². The highest BCUT2D eigenvalue weighted by Crippen LogP contribution is 2.34. The highest BCUT2D eigenvalue weighted by molar-refractivity contribution is 5.92. The van der Waals surface area contributed by atoms with E-state index < -0.39 is 0 Å². The summed E-state index contributed by atoms with van der Waals surface area (Å²) < 4.78 is 4.74. The molecule has 2 amide bonds. The van der Waals surface area contributed by atoms with Crippen LogP contribution in [0, 0.1) is 11.8 Å². The molecule has 0 aromatic heterocycles. The molecule has 2 aliphatic heterocycles. The minimum absolute atomic E-state index is 0.0179. The summed E-state index contributed by atoms with van der Waals surface area (Å²) in [5, 5.41) is 3.04. The van der Waals surface area contributed by atoms with Crippen LogP contribution in [0.1, 0.15) is 55.3 Å². The number of nitrogens with zero attached hydrogens (tertiary/aromatic N) is 2. The Morgan fingerprint density at radius 1 is 1.03 bits per heavy atom. The Morgan fingerprint density at radius 2 is 1.79 bits per heavy atom. The zero-order chi connectivity index (χ0) is 20.2. The van der Waals surface area contributed by atoms with Crippen molar-refractivity contribution in [1.82, 2.24) is 9.80 Å². The SMILES string of the molecule is COC(=O)c1ccc(NC(=O)N(CC2CC2)CC2CCCN3CCCCC23)cc1. The van der Waals surface area contributed by atoms with Gasteiger partial charge in [0.25, 0.3) is 0 Å². The van der Waals surface area contributed by atoms with Gasteiger partial charge in [0.15, 0.2) is 0 Å². The summed E-state index contributed by atoms with van der Waals surface area (Å²) in [5.41, 5.74) is 1.20. The summed E-state index contributed by atoms with van der Waals surface area (Å²) in [6.07, 6.45) is 8.85. The van der Waals surface area contributed by atoms with Crippen molar-refractivity contribution in [3.05, 3.63) is 29.8 Å². The van der Waals surface area contributed by atoms with Crippen molar-refractivity contribution in [2.75, 3.05) is 38.6 Å². The summed E-state index contributed by atoms with van der Waals surface area (Å²) in [4.78, 5) is 29.4. The van der Waals surface area contributed by atoms with Crippen molar-refractivity contribution in [1.29, 1.82) is 0 Å². The lowest BCUT2D eigenvalue weighted by Gasteiger charge is -2.45. The largest absolute Gasteiger partial charge is 0.465 e. The molecule has 6 heteroatoms. The molecule has 29 heavy (non-hydrogen) atoms. The number of esters is 1. The number of hydrogen-bond acceptors (Lipinski definition) is 4. The molecule has 1 saturated carbocycles. The fourth-order valence-electron chi connectivity index (χ4n) is 4.94. The minimum atomic E-state index is -0.368. The molecule has 2 saturated heterocycles. The van der Waals surface area contributed by atoms with E-state index in [0.29, 0.717) is 29.1 Å². The fourth-order valence-corrected chi connectivity index (χ4v) is 4.94. The molecule has 1 N–H and O–H groups in total. The number of fused-ring (bicyclic) bond motifs is 1. The standard InChI is InChI=1S/C23H33N3O3/c1-29-22(27)18-9-11-20(12-10-18)24-23(28)26(15-17-7-8-17)16-19-5-4-14-25-13-3-2-6-21(19)25/h9-12,17,19,21H,2-8,13-16H2,1H3,(H,24,28). The van der Waals surface area contributed by atoms with Gasteiger partial charge in [0.05, 0.1) is 12.7 Å². The van der Waals surface area contributed by atoms with Crippen LogP contribution in [-0.4, -0.2) is 61.1 Å². The summed E-state index contributed by atoms with van der Waals surface area (Å²) in [7, 11) is 1.37. The molecule has 0 radical (unpaired) electrons.